The summed E-state index contributed by atoms with van der Waals surface area (Å²) < 4.78 is 0. The normalized spacial score (nSPS) is 38.1. The highest BCUT2D eigenvalue weighted by Gasteiger charge is 2.62. The number of hydrogen-bond donors (Lipinski definition) is 1. The van der Waals surface area contributed by atoms with Gasteiger partial charge in [-0.2, -0.15) is 0 Å². The zero-order valence-electron chi connectivity index (χ0n) is 7.75. The number of amides is 2. The lowest BCUT2D eigenvalue weighted by molar-refractivity contribution is -0.138. The molecule has 0 aromatic heterocycles. The summed E-state index contributed by atoms with van der Waals surface area (Å²) in [5, 5.41) is 0. The molecule has 13 heavy (non-hydrogen) atoms. The van der Waals surface area contributed by atoms with Crippen LogP contribution in [-0.4, -0.2) is 28.8 Å². The lowest BCUT2D eigenvalue weighted by Gasteiger charge is -2.25. The molecule has 2 atom stereocenters. The van der Waals surface area contributed by atoms with E-state index in [-0.39, 0.29) is 17.7 Å². The third-order valence-corrected chi connectivity index (χ3v) is 3.25. The van der Waals surface area contributed by atoms with Crippen LogP contribution >= 0.6 is 0 Å². The molecular formula is C9H14N2O2. The third-order valence-electron chi connectivity index (χ3n) is 3.25. The van der Waals surface area contributed by atoms with Gasteiger partial charge in [0, 0.05) is 13.0 Å². The van der Waals surface area contributed by atoms with Gasteiger partial charge in [0.2, 0.25) is 11.8 Å². The minimum atomic E-state index is -0.617. The SMILES string of the molecule is CC1CC1(C(N)=O)N1CCCC1=O. The zero-order chi connectivity index (χ0) is 9.64. The van der Waals surface area contributed by atoms with Crippen LogP contribution in [0.3, 0.4) is 0 Å². The molecule has 0 aromatic carbocycles. The molecule has 1 heterocycles. The van der Waals surface area contributed by atoms with Crippen LogP contribution in [0.4, 0.5) is 0 Å². The monoisotopic (exact) mass is 182 g/mol. The number of primary amides is 1. The first-order valence-electron chi connectivity index (χ1n) is 4.69. The van der Waals surface area contributed by atoms with Gasteiger partial charge in [-0.05, 0) is 18.8 Å². The van der Waals surface area contributed by atoms with Gasteiger partial charge >= 0.3 is 0 Å². The number of likely N-dealkylation sites (tertiary alicyclic amines) is 1. The van der Waals surface area contributed by atoms with Crippen molar-refractivity contribution < 1.29 is 9.59 Å². The summed E-state index contributed by atoms with van der Waals surface area (Å²) in [6.07, 6.45) is 2.18. The van der Waals surface area contributed by atoms with Crippen molar-refractivity contribution in [1.82, 2.24) is 4.90 Å². The smallest absolute Gasteiger partial charge is 0.243 e. The molecular weight excluding hydrogens is 168 g/mol. The van der Waals surface area contributed by atoms with Crippen molar-refractivity contribution in [2.45, 2.75) is 31.7 Å². The number of nitrogens with two attached hydrogens (primary N) is 1. The Morgan fingerprint density at radius 2 is 2.31 bits per heavy atom. The molecule has 4 heteroatoms. The van der Waals surface area contributed by atoms with Crippen LogP contribution in [0.5, 0.6) is 0 Å². The van der Waals surface area contributed by atoms with Crippen molar-refractivity contribution in [3.05, 3.63) is 0 Å². The van der Waals surface area contributed by atoms with E-state index in [1.807, 2.05) is 6.92 Å². The van der Waals surface area contributed by atoms with Gasteiger partial charge in [0.25, 0.3) is 0 Å². The highest BCUT2D eigenvalue weighted by Crippen LogP contribution is 2.49. The standard InChI is InChI=1S/C9H14N2O2/c1-6-5-9(6,8(10)13)11-4-2-3-7(11)12/h6H,2-5H2,1H3,(H2,10,13). The maximum atomic E-state index is 11.4. The highest BCUT2D eigenvalue weighted by molar-refractivity contribution is 5.94. The van der Waals surface area contributed by atoms with Gasteiger partial charge in [0.05, 0.1) is 0 Å². The Balaban J connectivity index is 2.23. The van der Waals surface area contributed by atoms with E-state index in [0.717, 1.165) is 12.8 Å². The summed E-state index contributed by atoms with van der Waals surface area (Å²) in [5.74, 6) is -0.00884. The fraction of sp³-hybridized carbons (Fsp3) is 0.778. The molecule has 0 aromatic rings. The topological polar surface area (TPSA) is 63.4 Å². The molecule has 1 aliphatic heterocycles. The average Bonchev–Trinajstić information content (AvgIpc) is 2.53. The van der Waals surface area contributed by atoms with Crippen LogP contribution in [-0.2, 0) is 9.59 Å². The summed E-state index contributed by atoms with van der Waals surface area (Å²) >= 11 is 0. The first kappa shape index (κ1) is 8.53. The zero-order valence-corrected chi connectivity index (χ0v) is 7.75. The molecule has 2 N–H and O–H groups in total. The highest BCUT2D eigenvalue weighted by atomic mass is 16.2. The molecule has 1 saturated heterocycles. The predicted octanol–water partition coefficient (Wildman–Crippen LogP) is -0.127. The number of carbonyl (C=O) groups is 2. The minimum Gasteiger partial charge on any atom is -0.368 e. The van der Waals surface area contributed by atoms with E-state index in [1.54, 1.807) is 4.90 Å². The van der Waals surface area contributed by atoms with Crippen molar-refractivity contribution in [3.8, 4) is 0 Å². The maximum absolute atomic E-state index is 11.4. The molecule has 0 bridgehead atoms. The Morgan fingerprint density at radius 1 is 1.69 bits per heavy atom. The van der Waals surface area contributed by atoms with E-state index in [0.29, 0.717) is 13.0 Å². The van der Waals surface area contributed by atoms with E-state index in [1.165, 1.54) is 0 Å². The third kappa shape index (κ3) is 0.975. The van der Waals surface area contributed by atoms with Crippen molar-refractivity contribution in [2.75, 3.05) is 6.54 Å². The fourth-order valence-electron chi connectivity index (χ4n) is 2.33. The second kappa shape index (κ2) is 2.47. The minimum absolute atomic E-state index is 0.0863. The van der Waals surface area contributed by atoms with E-state index in [4.69, 9.17) is 5.73 Å². The first-order valence-corrected chi connectivity index (χ1v) is 4.69. The summed E-state index contributed by atoms with van der Waals surface area (Å²) in [5.41, 5.74) is 4.71. The second-order valence-electron chi connectivity index (χ2n) is 4.04. The Hall–Kier alpha value is -1.06. The van der Waals surface area contributed by atoms with Crippen molar-refractivity contribution in [3.63, 3.8) is 0 Å². The number of carbonyl (C=O) groups excluding carboxylic acids is 2. The molecule has 2 rings (SSSR count). The van der Waals surface area contributed by atoms with Crippen molar-refractivity contribution in [1.29, 1.82) is 0 Å². The van der Waals surface area contributed by atoms with Gasteiger partial charge in [-0.1, -0.05) is 6.92 Å². The van der Waals surface area contributed by atoms with Gasteiger partial charge in [-0.15, -0.1) is 0 Å². The van der Waals surface area contributed by atoms with Gasteiger partial charge < -0.3 is 10.6 Å². The van der Waals surface area contributed by atoms with Crippen molar-refractivity contribution >= 4 is 11.8 Å². The molecule has 0 spiro atoms. The average molecular weight is 182 g/mol. The largest absolute Gasteiger partial charge is 0.368 e. The molecule has 1 aliphatic carbocycles. The quantitative estimate of drug-likeness (QED) is 0.646. The molecule has 1 saturated carbocycles. The number of hydrogen-bond acceptors (Lipinski definition) is 2. The number of rotatable bonds is 2. The van der Waals surface area contributed by atoms with Gasteiger partial charge in [-0.25, -0.2) is 0 Å². The summed E-state index contributed by atoms with van der Waals surface area (Å²) in [4.78, 5) is 24.4. The van der Waals surface area contributed by atoms with E-state index in [9.17, 15) is 9.59 Å². The molecule has 4 nitrogen and oxygen atoms in total. The van der Waals surface area contributed by atoms with Gasteiger partial charge in [0.1, 0.15) is 5.54 Å². The molecule has 2 fully saturated rings. The Morgan fingerprint density at radius 3 is 2.62 bits per heavy atom. The van der Waals surface area contributed by atoms with E-state index < -0.39 is 5.54 Å². The lowest BCUT2D eigenvalue weighted by atomic mass is 10.1. The summed E-state index contributed by atoms with van der Waals surface area (Å²) in [6, 6.07) is 0. The Labute approximate surface area is 77.1 Å². The van der Waals surface area contributed by atoms with Gasteiger partial charge in [0.15, 0.2) is 0 Å². The molecule has 72 valence electrons. The molecule has 2 aliphatic rings. The Bertz CT molecular complexity index is 275. The maximum Gasteiger partial charge on any atom is 0.243 e. The molecule has 2 amide bonds. The molecule has 2 unspecified atom stereocenters. The van der Waals surface area contributed by atoms with E-state index in [2.05, 4.69) is 0 Å². The van der Waals surface area contributed by atoms with Gasteiger partial charge in [-0.3, -0.25) is 9.59 Å². The summed E-state index contributed by atoms with van der Waals surface area (Å²) in [6.45, 7) is 2.67. The van der Waals surface area contributed by atoms with Crippen LogP contribution in [0.25, 0.3) is 0 Å². The lowest BCUT2D eigenvalue weighted by Crippen LogP contribution is -2.49. The van der Waals surface area contributed by atoms with Crippen LogP contribution in [0, 0.1) is 5.92 Å². The Kier molecular flexibility index (Phi) is 1.62. The van der Waals surface area contributed by atoms with Crippen molar-refractivity contribution in [2.24, 2.45) is 11.7 Å². The van der Waals surface area contributed by atoms with Crippen LogP contribution < -0.4 is 5.73 Å². The molecule has 0 radical (unpaired) electrons. The van der Waals surface area contributed by atoms with Crippen LogP contribution in [0.15, 0.2) is 0 Å². The van der Waals surface area contributed by atoms with Crippen LogP contribution in [0.1, 0.15) is 26.2 Å². The first-order chi connectivity index (χ1) is 6.09. The van der Waals surface area contributed by atoms with Crippen LogP contribution in [0.2, 0.25) is 0 Å². The van der Waals surface area contributed by atoms with E-state index >= 15 is 0 Å². The summed E-state index contributed by atoms with van der Waals surface area (Å²) in [7, 11) is 0. The second-order valence-corrected chi connectivity index (χ2v) is 4.04. The fourth-order valence-corrected chi connectivity index (χ4v) is 2.33. The predicted molar refractivity (Wildman–Crippen MR) is 46.7 cm³/mol. The number of nitrogens with zero attached hydrogens (tertiary/aromatic N) is 1.